The Balaban J connectivity index is 3.71. The summed E-state index contributed by atoms with van der Waals surface area (Å²) in [6.45, 7) is 4.41. The van der Waals surface area contributed by atoms with Gasteiger partial charge in [0.15, 0.2) is 0 Å². The highest BCUT2D eigenvalue weighted by Crippen LogP contribution is 2.08. The van der Waals surface area contributed by atoms with Crippen molar-refractivity contribution in [3.8, 4) is 0 Å². The van der Waals surface area contributed by atoms with Crippen molar-refractivity contribution >= 4 is 0 Å². The van der Waals surface area contributed by atoms with Crippen LogP contribution in [0.4, 0.5) is 0 Å². The minimum Gasteiger partial charge on any atom is -0.396 e. The zero-order valence-electron chi connectivity index (χ0n) is 9.70. The minimum atomic E-state index is 0.210. The molecule has 0 bridgehead atoms. The van der Waals surface area contributed by atoms with Crippen LogP contribution in [-0.2, 0) is 4.74 Å². The molecule has 0 spiro atoms. The molecule has 0 rings (SSSR count). The molecule has 2 heteroatoms. The largest absolute Gasteiger partial charge is 0.396 e. The van der Waals surface area contributed by atoms with Gasteiger partial charge < -0.3 is 9.84 Å². The maximum absolute atomic E-state index is 8.84. The highest BCUT2D eigenvalue weighted by atomic mass is 16.5. The van der Waals surface area contributed by atoms with Gasteiger partial charge in [-0.15, -0.1) is 0 Å². The highest BCUT2D eigenvalue weighted by molar-refractivity contribution is 4.92. The summed E-state index contributed by atoms with van der Waals surface area (Å²) in [7, 11) is 1.74. The Bertz CT molecular complexity index is 143. The molecule has 2 nitrogen and oxygen atoms in total. The summed E-state index contributed by atoms with van der Waals surface area (Å²) in [5.74, 6) is 0.235. The second-order valence-electron chi connectivity index (χ2n) is 3.81. The van der Waals surface area contributed by atoms with Gasteiger partial charge in [0.2, 0.25) is 0 Å². The molecule has 0 fully saturated rings. The molecule has 1 N–H and O–H groups in total. The van der Waals surface area contributed by atoms with Crippen molar-refractivity contribution in [2.75, 3.05) is 13.7 Å². The van der Waals surface area contributed by atoms with Crippen LogP contribution in [0.1, 0.15) is 39.5 Å². The molecular formula is C12H24O2. The summed E-state index contributed by atoms with van der Waals surface area (Å²) in [5.41, 5.74) is 0. The van der Waals surface area contributed by atoms with E-state index in [1.807, 2.05) is 13.0 Å². The van der Waals surface area contributed by atoms with Crippen LogP contribution in [0.3, 0.4) is 0 Å². The van der Waals surface area contributed by atoms with Gasteiger partial charge in [0.25, 0.3) is 0 Å². The van der Waals surface area contributed by atoms with Crippen LogP contribution in [0.2, 0.25) is 0 Å². The number of methoxy groups -OCH3 is 1. The van der Waals surface area contributed by atoms with Crippen LogP contribution in [-0.4, -0.2) is 24.9 Å². The van der Waals surface area contributed by atoms with Crippen molar-refractivity contribution in [1.29, 1.82) is 0 Å². The first-order chi connectivity index (χ1) is 6.74. The normalized spacial score (nSPS) is 16.0. The monoisotopic (exact) mass is 200 g/mol. The Kier molecular flexibility index (Phi) is 9.00. The maximum Gasteiger partial charge on any atom is 0.0752 e. The lowest BCUT2D eigenvalue weighted by atomic mass is 10.1. The Morgan fingerprint density at radius 2 is 2.00 bits per heavy atom. The van der Waals surface area contributed by atoms with Crippen LogP contribution in [0, 0.1) is 5.92 Å². The van der Waals surface area contributed by atoms with Gasteiger partial charge in [-0.1, -0.05) is 45.3 Å². The molecule has 2 unspecified atom stereocenters. The van der Waals surface area contributed by atoms with E-state index in [9.17, 15) is 0 Å². The Morgan fingerprint density at radius 1 is 1.29 bits per heavy atom. The van der Waals surface area contributed by atoms with Gasteiger partial charge in [0.1, 0.15) is 0 Å². The SMILES string of the molecule is CCCCCC(C=CC(C)CO)OC. The second-order valence-corrected chi connectivity index (χ2v) is 3.81. The van der Waals surface area contributed by atoms with Gasteiger partial charge in [0.05, 0.1) is 6.10 Å². The van der Waals surface area contributed by atoms with E-state index in [1.54, 1.807) is 7.11 Å². The van der Waals surface area contributed by atoms with Crippen molar-refractivity contribution in [2.24, 2.45) is 5.92 Å². The molecule has 0 saturated heterocycles. The van der Waals surface area contributed by atoms with E-state index in [0.29, 0.717) is 0 Å². The minimum absolute atomic E-state index is 0.210. The molecule has 0 aromatic heterocycles. The van der Waals surface area contributed by atoms with Crippen molar-refractivity contribution in [3.63, 3.8) is 0 Å². The Morgan fingerprint density at radius 3 is 2.50 bits per heavy atom. The Hall–Kier alpha value is -0.340. The Labute approximate surface area is 88.0 Å². The van der Waals surface area contributed by atoms with Crippen molar-refractivity contribution in [3.05, 3.63) is 12.2 Å². The molecule has 0 aliphatic carbocycles. The van der Waals surface area contributed by atoms with E-state index >= 15 is 0 Å². The number of rotatable bonds is 8. The molecule has 84 valence electrons. The summed E-state index contributed by atoms with van der Waals surface area (Å²) in [5, 5.41) is 8.84. The summed E-state index contributed by atoms with van der Waals surface area (Å²) in [6.07, 6.45) is 9.12. The van der Waals surface area contributed by atoms with Crippen molar-refractivity contribution in [1.82, 2.24) is 0 Å². The van der Waals surface area contributed by atoms with E-state index in [0.717, 1.165) is 6.42 Å². The molecule has 0 saturated carbocycles. The summed E-state index contributed by atoms with van der Waals surface area (Å²) in [4.78, 5) is 0. The van der Waals surface area contributed by atoms with Crippen LogP contribution in [0.5, 0.6) is 0 Å². The number of ether oxygens (including phenoxy) is 1. The third-order valence-electron chi connectivity index (χ3n) is 2.34. The molecular weight excluding hydrogens is 176 g/mol. The number of unbranched alkanes of at least 4 members (excludes halogenated alkanes) is 2. The second kappa shape index (κ2) is 9.22. The number of aliphatic hydroxyl groups is 1. The lowest BCUT2D eigenvalue weighted by Gasteiger charge is -2.11. The van der Waals surface area contributed by atoms with Gasteiger partial charge in [-0.2, -0.15) is 0 Å². The summed E-state index contributed by atoms with van der Waals surface area (Å²) in [6, 6.07) is 0. The lowest BCUT2D eigenvalue weighted by molar-refractivity contribution is 0.130. The molecule has 0 aromatic rings. The van der Waals surface area contributed by atoms with E-state index in [4.69, 9.17) is 9.84 Å². The topological polar surface area (TPSA) is 29.5 Å². The number of aliphatic hydroxyl groups excluding tert-OH is 1. The van der Waals surface area contributed by atoms with Crippen LogP contribution in [0.15, 0.2) is 12.2 Å². The maximum atomic E-state index is 8.84. The van der Waals surface area contributed by atoms with Crippen molar-refractivity contribution < 1.29 is 9.84 Å². The first-order valence-electron chi connectivity index (χ1n) is 5.56. The van der Waals surface area contributed by atoms with Gasteiger partial charge in [0, 0.05) is 13.7 Å². The predicted molar refractivity (Wildman–Crippen MR) is 60.3 cm³/mol. The molecule has 0 heterocycles. The highest BCUT2D eigenvalue weighted by Gasteiger charge is 2.02. The standard InChI is InChI=1S/C12H24O2/c1-4-5-6-7-12(14-3)9-8-11(2)10-13/h8-9,11-13H,4-7,10H2,1-3H3. The van der Waals surface area contributed by atoms with Gasteiger partial charge in [-0.25, -0.2) is 0 Å². The molecule has 0 amide bonds. The summed E-state index contributed by atoms with van der Waals surface area (Å²) >= 11 is 0. The van der Waals surface area contributed by atoms with Gasteiger partial charge >= 0.3 is 0 Å². The quantitative estimate of drug-likeness (QED) is 0.482. The fraction of sp³-hybridized carbons (Fsp3) is 0.833. The fourth-order valence-electron chi connectivity index (χ4n) is 1.26. The molecule has 2 atom stereocenters. The third-order valence-corrected chi connectivity index (χ3v) is 2.34. The fourth-order valence-corrected chi connectivity index (χ4v) is 1.26. The van der Waals surface area contributed by atoms with E-state index < -0.39 is 0 Å². The average Bonchev–Trinajstić information content (AvgIpc) is 2.22. The van der Waals surface area contributed by atoms with Crippen LogP contribution in [0.25, 0.3) is 0 Å². The van der Waals surface area contributed by atoms with Crippen molar-refractivity contribution in [2.45, 2.75) is 45.6 Å². The van der Waals surface area contributed by atoms with Crippen LogP contribution < -0.4 is 0 Å². The first-order valence-corrected chi connectivity index (χ1v) is 5.56. The zero-order chi connectivity index (χ0) is 10.8. The number of hydrogen-bond donors (Lipinski definition) is 1. The lowest BCUT2D eigenvalue weighted by Crippen LogP contribution is -2.07. The first kappa shape index (κ1) is 13.7. The molecule has 14 heavy (non-hydrogen) atoms. The third kappa shape index (κ3) is 7.10. The molecule has 0 aromatic carbocycles. The molecule has 0 radical (unpaired) electrons. The van der Waals surface area contributed by atoms with Gasteiger partial charge in [-0.3, -0.25) is 0 Å². The van der Waals surface area contributed by atoms with E-state index in [-0.39, 0.29) is 18.6 Å². The van der Waals surface area contributed by atoms with Gasteiger partial charge in [-0.05, 0) is 12.3 Å². The number of hydrogen-bond acceptors (Lipinski definition) is 2. The predicted octanol–water partition coefficient (Wildman–Crippen LogP) is 2.77. The molecule has 0 aliphatic heterocycles. The molecule has 0 aliphatic rings. The van der Waals surface area contributed by atoms with Crippen LogP contribution >= 0.6 is 0 Å². The zero-order valence-corrected chi connectivity index (χ0v) is 9.70. The average molecular weight is 200 g/mol. The van der Waals surface area contributed by atoms with E-state index in [2.05, 4.69) is 13.0 Å². The summed E-state index contributed by atoms with van der Waals surface area (Å²) < 4.78 is 5.32. The van der Waals surface area contributed by atoms with E-state index in [1.165, 1.54) is 19.3 Å². The smallest absolute Gasteiger partial charge is 0.0752 e.